The van der Waals surface area contributed by atoms with Crippen molar-refractivity contribution in [3.8, 4) is 0 Å². The number of para-hydroxylation sites is 1. The lowest BCUT2D eigenvalue weighted by molar-refractivity contribution is 0.527. The van der Waals surface area contributed by atoms with Crippen LogP contribution in [0.4, 0.5) is 0 Å². The van der Waals surface area contributed by atoms with Crippen LogP contribution in [0.5, 0.6) is 0 Å². The van der Waals surface area contributed by atoms with Gasteiger partial charge in [-0.15, -0.1) is 0 Å². The first-order valence-corrected chi connectivity index (χ1v) is 8.23. The maximum Gasteiger partial charge on any atom is 0.281 e. The van der Waals surface area contributed by atoms with Crippen LogP contribution < -0.4 is 5.56 Å². The predicted octanol–water partition coefficient (Wildman–Crippen LogP) is 4.14. The van der Waals surface area contributed by atoms with E-state index in [1.807, 2.05) is 54.6 Å². The number of fused-ring (bicyclic) bond motifs is 3. The molecule has 0 amide bonds. The third-order valence-electron chi connectivity index (χ3n) is 4.21. The Morgan fingerprint density at radius 3 is 2.58 bits per heavy atom. The number of nitrogens with zero attached hydrogens (tertiary/aromatic N) is 2. The molecule has 0 radical (unpaired) electrons. The lowest BCUT2D eigenvalue weighted by Gasteiger charge is -2.10. The molecule has 24 heavy (non-hydrogen) atoms. The summed E-state index contributed by atoms with van der Waals surface area (Å²) in [5, 5.41) is 0.929. The average molecular weight is 318 g/mol. The summed E-state index contributed by atoms with van der Waals surface area (Å²) in [6.45, 7) is 2.59. The van der Waals surface area contributed by atoms with E-state index in [0.717, 1.165) is 29.3 Å². The van der Waals surface area contributed by atoms with E-state index in [1.165, 1.54) is 0 Å². The first kappa shape index (κ1) is 14.7. The van der Waals surface area contributed by atoms with E-state index in [0.29, 0.717) is 23.5 Å². The van der Waals surface area contributed by atoms with E-state index < -0.39 is 0 Å². The molecule has 2 aromatic carbocycles. The van der Waals surface area contributed by atoms with Gasteiger partial charge in [0, 0.05) is 11.8 Å². The molecule has 4 rings (SSSR count). The van der Waals surface area contributed by atoms with Gasteiger partial charge < -0.3 is 8.98 Å². The predicted molar refractivity (Wildman–Crippen MR) is 95.3 cm³/mol. The maximum absolute atomic E-state index is 13.0. The van der Waals surface area contributed by atoms with Gasteiger partial charge in [0.25, 0.3) is 5.56 Å². The Morgan fingerprint density at radius 1 is 1.04 bits per heavy atom. The summed E-state index contributed by atoms with van der Waals surface area (Å²) in [5.74, 6) is 0.632. The Hall–Kier alpha value is -2.88. The number of oxazole rings is 1. The number of pyridine rings is 1. The minimum absolute atomic E-state index is 0.0985. The average Bonchev–Trinajstić information content (AvgIpc) is 3.04. The zero-order valence-electron chi connectivity index (χ0n) is 13.5. The van der Waals surface area contributed by atoms with Crippen LogP contribution in [0.3, 0.4) is 0 Å². The molecule has 0 aliphatic rings. The van der Waals surface area contributed by atoms with E-state index in [1.54, 1.807) is 4.57 Å². The molecule has 4 nitrogen and oxygen atoms in total. The largest absolute Gasteiger partial charge is 0.440 e. The van der Waals surface area contributed by atoms with Gasteiger partial charge in [-0.1, -0.05) is 49.4 Å². The van der Waals surface area contributed by atoms with Gasteiger partial charge in [0.1, 0.15) is 0 Å². The first-order chi connectivity index (χ1) is 11.8. The van der Waals surface area contributed by atoms with E-state index in [2.05, 4.69) is 11.9 Å². The van der Waals surface area contributed by atoms with Crippen molar-refractivity contribution in [2.75, 3.05) is 0 Å². The van der Waals surface area contributed by atoms with Crippen LogP contribution in [0.2, 0.25) is 0 Å². The van der Waals surface area contributed by atoms with Crippen molar-refractivity contribution in [1.29, 1.82) is 0 Å². The summed E-state index contributed by atoms with van der Waals surface area (Å²) in [6.07, 6.45) is 1.67. The van der Waals surface area contributed by atoms with Gasteiger partial charge in [-0.2, -0.15) is 0 Å². The molecule has 0 unspecified atom stereocenters. The van der Waals surface area contributed by atoms with Gasteiger partial charge in [-0.3, -0.25) is 4.79 Å². The molecular weight excluding hydrogens is 300 g/mol. The Labute approximate surface area is 139 Å². The second kappa shape index (κ2) is 5.96. The third-order valence-corrected chi connectivity index (χ3v) is 4.21. The zero-order valence-corrected chi connectivity index (χ0v) is 13.5. The van der Waals surface area contributed by atoms with Crippen molar-refractivity contribution in [2.45, 2.75) is 26.3 Å². The molecule has 0 saturated heterocycles. The van der Waals surface area contributed by atoms with E-state index in [-0.39, 0.29) is 5.56 Å². The monoisotopic (exact) mass is 318 g/mol. The molecule has 0 aliphatic carbocycles. The van der Waals surface area contributed by atoms with E-state index in [4.69, 9.17) is 4.42 Å². The number of aromatic nitrogens is 2. The summed E-state index contributed by atoms with van der Waals surface area (Å²) in [5.41, 5.74) is 2.88. The van der Waals surface area contributed by atoms with Crippen LogP contribution in [-0.2, 0) is 13.0 Å². The fourth-order valence-electron chi connectivity index (χ4n) is 3.07. The van der Waals surface area contributed by atoms with Gasteiger partial charge in [-0.25, -0.2) is 4.98 Å². The van der Waals surface area contributed by atoms with Gasteiger partial charge in [-0.05, 0) is 24.1 Å². The molecule has 0 atom stereocenters. The van der Waals surface area contributed by atoms with Crippen molar-refractivity contribution in [3.63, 3.8) is 0 Å². The quantitative estimate of drug-likeness (QED) is 0.568. The van der Waals surface area contributed by atoms with Crippen molar-refractivity contribution >= 4 is 22.0 Å². The lowest BCUT2D eigenvalue weighted by atomic mass is 10.1. The molecule has 2 heterocycles. The Kier molecular flexibility index (Phi) is 3.65. The summed E-state index contributed by atoms with van der Waals surface area (Å²) in [6, 6.07) is 17.8. The van der Waals surface area contributed by atoms with Crippen LogP contribution in [0, 0.1) is 0 Å². The van der Waals surface area contributed by atoms with Gasteiger partial charge in [0.2, 0.25) is 0 Å². The molecule has 4 aromatic rings. The highest BCUT2D eigenvalue weighted by molar-refractivity contribution is 6.00. The molecule has 0 fully saturated rings. The second-order valence-electron chi connectivity index (χ2n) is 5.93. The maximum atomic E-state index is 13.0. The summed E-state index contributed by atoms with van der Waals surface area (Å²) in [4.78, 5) is 17.5. The van der Waals surface area contributed by atoms with Gasteiger partial charge >= 0.3 is 0 Å². The van der Waals surface area contributed by atoms with Crippen LogP contribution >= 0.6 is 0 Å². The Balaban J connectivity index is 2.00. The summed E-state index contributed by atoms with van der Waals surface area (Å²) < 4.78 is 7.67. The van der Waals surface area contributed by atoms with Crippen molar-refractivity contribution < 1.29 is 4.42 Å². The molecule has 120 valence electrons. The van der Waals surface area contributed by atoms with Crippen LogP contribution in [-0.4, -0.2) is 9.55 Å². The first-order valence-electron chi connectivity index (χ1n) is 8.23. The minimum atomic E-state index is -0.0985. The number of benzene rings is 2. The Bertz CT molecular complexity index is 1060. The smallest absolute Gasteiger partial charge is 0.281 e. The van der Waals surface area contributed by atoms with Crippen molar-refractivity contribution in [3.05, 3.63) is 76.4 Å². The normalized spacial score (nSPS) is 11.4. The number of rotatable bonds is 4. The Morgan fingerprint density at radius 2 is 1.79 bits per heavy atom. The van der Waals surface area contributed by atoms with Crippen LogP contribution in [0.15, 0.2) is 63.8 Å². The topological polar surface area (TPSA) is 48.0 Å². The fourth-order valence-corrected chi connectivity index (χ4v) is 3.07. The zero-order chi connectivity index (χ0) is 16.5. The minimum Gasteiger partial charge on any atom is -0.440 e. The molecule has 0 bridgehead atoms. The van der Waals surface area contributed by atoms with Crippen LogP contribution in [0.1, 0.15) is 24.8 Å². The van der Waals surface area contributed by atoms with Crippen molar-refractivity contribution in [2.24, 2.45) is 0 Å². The standard InChI is InChI=1S/C20H18N2O2/c1-2-8-17-21-18-19(24-17)15-11-6-7-12-16(15)22(20(18)23)13-14-9-4-3-5-10-14/h3-7,9-12H,2,8,13H2,1H3. The molecular formula is C20H18N2O2. The number of aryl methyl sites for hydroxylation is 1. The second-order valence-corrected chi connectivity index (χ2v) is 5.93. The molecule has 4 heteroatoms. The van der Waals surface area contributed by atoms with Gasteiger partial charge in [0.15, 0.2) is 17.0 Å². The van der Waals surface area contributed by atoms with E-state index >= 15 is 0 Å². The third kappa shape index (κ3) is 2.40. The molecule has 0 aliphatic heterocycles. The highest BCUT2D eigenvalue weighted by atomic mass is 16.3. The number of hydrogen-bond acceptors (Lipinski definition) is 3. The SMILES string of the molecule is CCCc1nc2c(=O)n(Cc3ccccc3)c3ccccc3c2o1. The highest BCUT2D eigenvalue weighted by Gasteiger charge is 2.16. The molecule has 0 saturated carbocycles. The van der Waals surface area contributed by atoms with Gasteiger partial charge in [0.05, 0.1) is 12.1 Å². The van der Waals surface area contributed by atoms with E-state index in [9.17, 15) is 4.79 Å². The lowest BCUT2D eigenvalue weighted by Crippen LogP contribution is -2.21. The molecule has 0 spiro atoms. The van der Waals surface area contributed by atoms with Crippen LogP contribution in [0.25, 0.3) is 22.0 Å². The highest BCUT2D eigenvalue weighted by Crippen LogP contribution is 2.24. The summed E-state index contributed by atoms with van der Waals surface area (Å²) >= 11 is 0. The molecule has 0 N–H and O–H groups in total. The number of hydrogen-bond donors (Lipinski definition) is 0. The fraction of sp³-hybridized carbons (Fsp3) is 0.200. The molecule has 2 aromatic heterocycles. The van der Waals surface area contributed by atoms with Crippen molar-refractivity contribution in [1.82, 2.24) is 9.55 Å². The summed E-state index contributed by atoms with van der Waals surface area (Å²) in [7, 11) is 0.